The first-order chi connectivity index (χ1) is 10.1. The minimum Gasteiger partial charge on any atom is -0.490 e. The first kappa shape index (κ1) is 17.3. The van der Waals surface area contributed by atoms with Gasteiger partial charge in [0.05, 0.1) is 18.1 Å². The van der Waals surface area contributed by atoms with Crippen molar-refractivity contribution in [1.82, 2.24) is 5.32 Å². The number of aliphatic hydroxyl groups excluding tert-OH is 2. The molecular formula is C13H20N2O6. The lowest BCUT2D eigenvalue weighted by Crippen LogP contribution is -2.23. The topological polar surface area (TPSA) is 114 Å². The van der Waals surface area contributed by atoms with E-state index in [-0.39, 0.29) is 12.3 Å². The van der Waals surface area contributed by atoms with Crippen LogP contribution < -0.4 is 10.1 Å². The molecule has 0 bridgehead atoms. The smallest absolute Gasteiger partial charge is 0.270 e. The normalized spacial score (nSPS) is 12.1. The predicted octanol–water partition coefficient (Wildman–Crippen LogP) is 0.0628. The summed E-state index contributed by atoms with van der Waals surface area (Å²) >= 11 is 0. The second-order valence-electron chi connectivity index (χ2n) is 4.37. The monoisotopic (exact) mass is 300 g/mol. The summed E-state index contributed by atoms with van der Waals surface area (Å²) in [6.07, 6.45) is -0.991. The van der Waals surface area contributed by atoms with Gasteiger partial charge in [0.15, 0.2) is 0 Å². The molecule has 1 atom stereocenters. The Morgan fingerprint density at radius 2 is 2.24 bits per heavy atom. The molecule has 0 aliphatic heterocycles. The minimum absolute atomic E-state index is 0.0337. The molecule has 0 heterocycles. The van der Waals surface area contributed by atoms with E-state index in [9.17, 15) is 15.2 Å². The van der Waals surface area contributed by atoms with Crippen LogP contribution in [0.15, 0.2) is 18.2 Å². The maximum absolute atomic E-state index is 10.8. The van der Waals surface area contributed by atoms with E-state index in [0.29, 0.717) is 31.0 Å². The molecule has 0 spiro atoms. The number of rotatable bonds is 10. The van der Waals surface area contributed by atoms with Gasteiger partial charge in [-0.25, -0.2) is 0 Å². The molecule has 0 fully saturated rings. The highest BCUT2D eigenvalue weighted by Gasteiger charge is 2.13. The maximum atomic E-state index is 10.8. The van der Waals surface area contributed by atoms with E-state index >= 15 is 0 Å². The quantitative estimate of drug-likeness (QED) is 0.318. The van der Waals surface area contributed by atoms with Crippen molar-refractivity contribution in [3.63, 3.8) is 0 Å². The van der Waals surface area contributed by atoms with E-state index in [1.165, 1.54) is 18.2 Å². The van der Waals surface area contributed by atoms with Gasteiger partial charge in [-0.3, -0.25) is 10.1 Å². The Hall–Kier alpha value is -1.74. The molecule has 1 rings (SSSR count). The molecule has 0 aromatic heterocycles. The number of nitrogens with zero attached hydrogens (tertiary/aromatic N) is 1. The zero-order valence-electron chi connectivity index (χ0n) is 11.8. The lowest BCUT2D eigenvalue weighted by Gasteiger charge is -2.14. The zero-order chi connectivity index (χ0) is 15.7. The number of methoxy groups -OCH3 is 1. The first-order valence-electron chi connectivity index (χ1n) is 6.47. The Morgan fingerprint density at radius 3 is 2.86 bits per heavy atom. The van der Waals surface area contributed by atoms with Gasteiger partial charge in [-0.15, -0.1) is 0 Å². The number of benzene rings is 1. The lowest BCUT2D eigenvalue weighted by atomic mass is 10.1. The molecule has 1 unspecified atom stereocenters. The number of hydrogen-bond acceptors (Lipinski definition) is 7. The largest absolute Gasteiger partial charge is 0.490 e. The van der Waals surface area contributed by atoms with Crippen LogP contribution in [-0.2, 0) is 11.3 Å². The van der Waals surface area contributed by atoms with E-state index in [1.807, 2.05) is 0 Å². The van der Waals surface area contributed by atoms with Gasteiger partial charge in [-0.2, -0.15) is 0 Å². The number of hydrogen-bond donors (Lipinski definition) is 3. The van der Waals surface area contributed by atoms with E-state index in [0.717, 1.165) is 0 Å². The van der Waals surface area contributed by atoms with Crippen LogP contribution in [0.5, 0.6) is 5.75 Å². The van der Waals surface area contributed by atoms with Crippen molar-refractivity contribution in [1.29, 1.82) is 0 Å². The van der Waals surface area contributed by atoms with E-state index in [4.69, 9.17) is 14.6 Å². The molecule has 21 heavy (non-hydrogen) atoms. The van der Waals surface area contributed by atoms with E-state index in [2.05, 4.69) is 5.32 Å². The Kier molecular flexibility index (Phi) is 7.62. The van der Waals surface area contributed by atoms with Crippen LogP contribution in [0.3, 0.4) is 0 Å². The van der Waals surface area contributed by atoms with Crippen molar-refractivity contribution in [2.75, 3.05) is 33.5 Å². The molecule has 0 aliphatic carbocycles. The highest BCUT2D eigenvalue weighted by Crippen LogP contribution is 2.24. The molecule has 0 aliphatic rings. The van der Waals surface area contributed by atoms with Crippen LogP contribution in [0.2, 0.25) is 0 Å². The summed E-state index contributed by atoms with van der Waals surface area (Å²) in [5.74, 6) is 0.429. The molecule has 8 heteroatoms. The van der Waals surface area contributed by atoms with Gasteiger partial charge in [-0.1, -0.05) is 0 Å². The van der Waals surface area contributed by atoms with Gasteiger partial charge in [-0.05, 0) is 6.07 Å². The van der Waals surface area contributed by atoms with Crippen molar-refractivity contribution in [3.8, 4) is 5.75 Å². The van der Waals surface area contributed by atoms with Gasteiger partial charge in [0, 0.05) is 37.9 Å². The average molecular weight is 300 g/mol. The number of ether oxygens (including phenoxy) is 2. The summed E-state index contributed by atoms with van der Waals surface area (Å²) in [5, 5.41) is 31.9. The number of non-ortho nitro benzene ring substituents is 1. The molecule has 0 saturated heterocycles. The third-order valence-corrected chi connectivity index (χ3v) is 2.70. The van der Waals surface area contributed by atoms with E-state index in [1.54, 1.807) is 7.11 Å². The summed E-state index contributed by atoms with van der Waals surface area (Å²) in [6.45, 7) is 0.996. The van der Waals surface area contributed by atoms with Gasteiger partial charge in [0.25, 0.3) is 5.69 Å². The van der Waals surface area contributed by atoms with Crippen LogP contribution in [0.1, 0.15) is 5.56 Å². The average Bonchev–Trinajstić information content (AvgIpc) is 2.49. The molecular weight excluding hydrogens is 280 g/mol. The van der Waals surface area contributed by atoms with Crippen molar-refractivity contribution in [2.45, 2.75) is 12.6 Å². The molecule has 3 N–H and O–H groups in total. The summed E-state index contributed by atoms with van der Waals surface area (Å²) in [5.41, 5.74) is 0.569. The first-order valence-corrected chi connectivity index (χ1v) is 6.47. The van der Waals surface area contributed by atoms with Crippen LogP contribution in [0, 0.1) is 10.1 Å². The molecule has 1 aromatic carbocycles. The zero-order valence-corrected chi connectivity index (χ0v) is 11.8. The van der Waals surface area contributed by atoms with Gasteiger partial charge >= 0.3 is 0 Å². The second-order valence-corrected chi connectivity index (χ2v) is 4.37. The van der Waals surface area contributed by atoms with Crippen molar-refractivity contribution < 1.29 is 24.6 Å². The second kappa shape index (κ2) is 9.24. The lowest BCUT2D eigenvalue weighted by molar-refractivity contribution is -0.384. The predicted molar refractivity (Wildman–Crippen MR) is 75.3 cm³/mol. The number of nitro benzene ring substituents is 1. The fraction of sp³-hybridized carbons (Fsp3) is 0.538. The fourth-order valence-corrected chi connectivity index (χ4v) is 1.59. The van der Waals surface area contributed by atoms with Crippen molar-refractivity contribution in [3.05, 3.63) is 33.9 Å². The molecule has 118 valence electrons. The third kappa shape index (κ3) is 6.05. The highest BCUT2D eigenvalue weighted by atomic mass is 16.6. The van der Waals surface area contributed by atoms with Gasteiger partial charge in [0.2, 0.25) is 0 Å². The minimum atomic E-state index is -0.991. The molecule has 1 aromatic rings. The maximum Gasteiger partial charge on any atom is 0.270 e. The van der Waals surface area contributed by atoms with Gasteiger partial charge < -0.3 is 25.0 Å². The number of nitrogens with one attached hydrogen (secondary N) is 1. The number of aliphatic hydroxyl groups is 2. The fourth-order valence-electron chi connectivity index (χ4n) is 1.59. The Balaban J connectivity index is 2.76. The Bertz CT molecular complexity index is 454. The van der Waals surface area contributed by atoms with Crippen LogP contribution >= 0.6 is 0 Å². The summed E-state index contributed by atoms with van der Waals surface area (Å²) in [6, 6.07) is 4.23. The third-order valence-electron chi connectivity index (χ3n) is 2.70. The van der Waals surface area contributed by atoms with Crippen LogP contribution in [0.25, 0.3) is 0 Å². The highest BCUT2D eigenvalue weighted by molar-refractivity contribution is 5.43. The van der Waals surface area contributed by atoms with Crippen molar-refractivity contribution >= 4 is 5.69 Å². The van der Waals surface area contributed by atoms with E-state index < -0.39 is 17.6 Å². The SMILES string of the molecule is COCCNCc1cc([N+](=O)[O-])ccc1OCC(O)CO. The van der Waals surface area contributed by atoms with Gasteiger partial charge in [0.1, 0.15) is 18.5 Å². The molecule has 0 radical (unpaired) electrons. The molecule has 0 saturated carbocycles. The summed E-state index contributed by atoms with van der Waals surface area (Å²) in [7, 11) is 1.58. The summed E-state index contributed by atoms with van der Waals surface area (Å²) < 4.78 is 10.3. The molecule has 0 amide bonds. The summed E-state index contributed by atoms with van der Waals surface area (Å²) in [4.78, 5) is 10.3. The Morgan fingerprint density at radius 1 is 1.48 bits per heavy atom. The van der Waals surface area contributed by atoms with Crippen molar-refractivity contribution in [2.24, 2.45) is 0 Å². The Labute approximate surface area is 122 Å². The standard InChI is InChI=1S/C13H20N2O6/c1-20-5-4-14-7-10-6-11(15(18)19)2-3-13(10)21-9-12(17)8-16/h2-3,6,12,14,16-17H,4-5,7-9H2,1H3. The molecule has 8 nitrogen and oxygen atoms in total. The van der Waals surface area contributed by atoms with Crippen LogP contribution in [-0.4, -0.2) is 54.7 Å². The van der Waals surface area contributed by atoms with Crippen LogP contribution in [0.4, 0.5) is 5.69 Å². The number of nitro groups is 1.